The summed E-state index contributed by atoms with van der Waals surface area (Å²) in [6.07, 6.45) is 1.57. The van der Waals surface area contributed by atoms with Gasteiger partial charge in [-0.25, -0.2) is 5.43 Å². The molecule has 0 saturated heterocycles. The topological polar surface area (TPSA) is 63.8 Å². The fourth-order valence-electron chi connectivity index (χ4n) is 3.57. The zero-order valence-electron chi connectivity index (χ0n) is 17.2. The molecular weight excluding hydrogens is 400 g/mol. The van der Waals surface area contributed by atoms with E-state index in [4.69, 9.17) is 9.15 Å². The van der Waals surface area contributed by atoms with E-state index in [-0.39, 0.29) is 5.76 Å². The Balaban J connectivity index is 1.30. The summed E-state index contributed by atoms with van der Waals surface area (Å²) in [6, 6.07) is 31.1. The number of furan rings is 1. The highest BCUT2D eigenvalue weighted by Crippen LogP contribution is 2.28. The first-order valence-electron chi connectivity index (χ1n) is 10.3. The predicted molar refractivity (Wildman–Crippen MR) is 126 cm³/mol. The summed E-state index contributed by atoms with van der Waals surface area (Å²) in [5, 5.41) is 7.14. The SMILES string of the molecule is O=C(N/N=C/c1ccccc1OCc1ccccc1)c1cc2c(ccc3ccccc32)o1. The van der Waals surface area contributed by atoms with Crippen molar-refractivity contribution < 1.29 is 13.9 Å². The third-order valence-electron chi connectivity index (χ3n) is 5.18. The second-order valence-electron chi connectivity index (χ2n) is 7.32. The van der Waals surface area contributed by atoms with E-state index in [9.17, 15) is 4.79 Å². The molecule has 5 aromatic rings. The molecule has 0 radical (unpaired) electrons. The van der Waals surface area contributed by atoms with Crippen LogP contribution in [0.15, 0.2) is 107 Å². The summed E-state index contributed by atoms with van der Waals surface area (Å²) in [4.78, 5) is 12.6. The van der Waals surface area contributed by atoms with Crippen molar-refractivity contribution in [2.24, 2.45) is 5.10 Å². The molecule has 4 aromatic carbocycles. The van der Waals surface area contributed by atoms with Crippen LogP contribution in [0.5, 0.6) is 5.75 Å². The number of hydrogen-bond donors (Lipinski definition) is 1. The van der Waals surface area contributed by atoms with Crippen LogP contribution in [0.1, 0.15) is 21.7 Å². The molecule has 1 aromatic heterocycles. The Morgan fingerprint density at radius 3 is 2.56 bits per heavy atom. The maximum Gasteiger partial charge on any atom is 0.307 e. The number of rotatable bonds is 6. The number of hydrazone groups is 1. The third kappa shape index (κ3) is 4.09. The van der Waals surface area contributed by atoms with Gasteiger partial charge < -0.3 is 9.15 Å². The lowest BCUT2D eigenvalue weighted by atomic mass is 10.1. The lowest BCUT2D eigenvalue weighted by Crippen LogP contribution is -2.16. The average Bonchev–Trinajstić information content (AvgIpc) is 3.29. The van der Waals surface area contributed by atoms with Gasteiger partial charge in [-0.15, -0.1) is 0 Å². The van der Waals surface area contributed by atoms with Crippen molar-refractivity contribution >= 4 is 33.9 Å². The Bertz CT molecular complexity index is 1420. The first-order valence-corrected chi connectivity index (χ1v) is 10.3. The maximum atomic E-state index is 12.6. The van der Waals surface area contributed by atoms with Crippen LogP contribution in [-0.2, 0) is 6.61 Å². The Kier molecular flexibility index (Phi) is 5.37. The van der Waals surface area contributed by atoms with E-state index in [1.54, 1.807) is 12.3 Å². The zero-order valence-corrected chi connectivity index (χ0v) is 17.2. The van der Waals surface area contributed by atoms with E-state index in [2.05, 4.69) is 10.5 Å². The van der Waals surface area contributed by atoms with Gasteiger partial charge in [-0.3, -0.25) is 4.79 Å². The molecule has 0 atom stereocenters. The molecule has 0 aliphatic rings. The second-order valence-corrected chi connectivity index (χ2v) is 7.32. The summed E-state index contributed by atoms with van der Waals surface area (Å²) in [5.74, 6) is 0.482. The van der Waals surface area contributed by atoms with Crippen molar-refractivity contribution in [2.45, 2.75) is 6.61 Å². The van der Waals surface area contributed by atoms with Gasteiger partial charge in [-0.05, 0) is 40.6 Å². The van der Waals surface area contributed by atoms with E-state index >= 15 is 0 Å². The van der Waals surface area contributed by atoms with Crippen LogP contribution in [0.2, 0.25) is 0 Å². The number of carbonyl (C=O) groups is 1. The van der Waals surface area contributed by atoms with Crippen molar-refractivity contribution in [3.8, 4) is 5.75 Å². The van der Waals surface area contributed by atoms with Crippen molar-refractivity contribution in [1.82, 2.24) is 5.43 Å². The van der Waals surface area contributed by atoms with Gasteiger partial charge in [-0.1, -0.05) is 72.8 Å². The fourth-order valence-corrected chi connectivity index (χ4v) is 3.57. The van der Waals surface area contributed by atoms with E-state index in [1.165, 1.54) is 0 Å². The standard InChI is InChI=1S/C27H20N2O3/c30-27(26-16-23-22-12-6-4-10-20(22)14-15-25(23)32-26)29-28-17-21-11-5-7-13-24(21)31-18-19-8-2-1-3-9-19/h1-17H,18H2,(H,29,30)/b28-17+. The largest absolute Gasteiger partial charge is 0.488 e. The third-order valence-corrected chi connectivity index (χ3v) is 5.18. The minimum atomic E-state index is -0.413. The molecule has 1 N–H and O–H groups in total. The molecule has 0 unspecified atom stereocenters. The summed E-state index contributed by atoms with van der Waals surface area (Å²) in [6.45, 7) is 0.449. The lowest BCUT2D eigenvalue weighted by molar-refractivity contribution is 0.0929. The molecule has 32 heavy (non-hydrogen) atoms. The van der Waals surface area contributed by atoms with Crippen LogP contribution in [-0.4, -0.2) is 12.1 Å². The summed E-state index contributed by atoms with van der Waals surface area (Å²) in [5.41, 5.74) is 5.04. The van der Waals surface area contributed by atoms with Gasteiger partial charge in [-0.2, -0.15) is 5.10 Å². The van der Waals surface area contributed by atoms with Gasteiger partial charge in [0.2, 0.25) is 0 Å². The number of fused-ring (bicyclic) bond motifs is 3. The van der Waals surface area contributed by atoms with Crippen LogP contribution in [0, 0.1) is 0 Å². The molecule has 156 valence electrons. The smallest absolute Gasteiger partial charge is 0.307 e. The van der Waals surface area contributed by atoms with E-state index in [0.29, 0.717) is 17.9 Å². The van der Waals surface area contributed by atoms with Crippen LogP contribution in [0.4, 0.5) is 0 Å². The summed E-state index contributed by atoms with van der Waals surface area (Å²) >= 11 is 0. The van der Waals surface area contributed by atoms with Crippen LogP contribution < -0.4 is 10.2 Å². The van der Waals surface area contributed by atoms with Gasteiger partial charge in [0.1, 0.15) is 17.9 Å². The number of nitrogens with zero attached hydrogens (tertiary/aromatic N) is 1. The van der Waals surface area contributed by atoms with Gasteiger partial charge in [0.25, 0.3) is 0 Å². The molecule has 0 spiro atoms. The number of benzene rings is 4. The molecule has 5 nitrogen and oxygen atoms in total. The van der Waals surface area contributed by atoms with Crippen LogP contribution in [0.3, 0.4) is 0 Å². The van der Waals surface area contributed by atoms with Crippen LogP contribution >= 0.6 is 0 Å². The molecular formula is C27H20N2O3. The monoisotopic (exact) mass is 420 g/mol. The highest BCUT2D eigenvalue weighted by Gasteiger charge is 2.13. The van der Waals surface area contributed by atoms with Crippen molar-refractivity contribution in [3.05, 3.63) is 114 Å². The normalized spacial score (nSPS) is 11.2. The molecule has 0 aliphatic heterocycles. The number of carbonyl (C=O) groups excluding carboxylic acids is 1. The summed E-state index contributed by atoms with van der Waals surface area (Å²) < 4.78 is 11.7. The molecule has 5 heteroatoms. The molecule has 0 fully saturated rings. The fraction of sp³-hybridized carbons (Fsp3) is 0.0370. The predicted octanol–water partition coefficient (Wildman–Crippen LogP) is 5.93. The quantitative estimate of drug-likeness (QED) is 0.274. The summed E-state index contributed by atoms with van der Waals surface area (Å²) in [7, 11) is 0. The van der Waals surface area contributed by atoms with E-state index in [1.807, 2.05) is 91.0 Å². The molecule has 0 aliphatic carbocycles. The molecule has 0 bridgehead atoms. The second kappa shape index (κ2) is 8.78. The molecule has 5 rings (SSSR count). The number of amides is 1. The average molecular weight is 420 g/mol. The van der Waals surface area contributed by atoms with Gasteiger partial charge in [0.05, 0.1) is 6.21 Å². The number of nitrogens with one attached hydrogen (secondary N) is 1. The van der Waals surface area contributed by atoms with Crippen molar-refractivity contribution in [1.29, 1.82) is 0 Å². The Labute approximate surface area is 184 Å². The van der Waals surface area contributed by atoms with Gasteiger partial charge in [0.15, 0.2) is 5.76 Å². The Morgan fingerprint density at radius 1 is 0.875 bits per heavy atom. The van der Waals surface area contributed by atoms with Crippen molar-refractivity contribution in [2.75, 3.05) is 0 Å². The first kappa shape index (κ1) is 19.6. The highest BCUT2D eigenvalue weighted by atomic mass is 16.5. The van der Waals surface area contributed by atoms with E-state index < -0.39 is 5.91 Å². The highest BCUT2D eigenvalue weighted by molar-refractivity contribution is 6.08. The number of para-hydroxylation sites is 1. The minimum absolute atomic E-state index is 0.210. The van der Waals surface area contributed by atoms with Crippen LogP contribution in [0.25, 0.3) is 21.7 Å². The maximum absolute atomic E-state index is 12.6. The van der Waals surface area contributed by atoms with Gasteiger partial charge in [0, 0.05) is 10.9 Å². The molecule has 1 heterocycles. The molecule has 0 saturated carbocycles. The van der Waals surface area contributed by atoms with E-state index in [0.717, 1.165) is 27.3 Å². The minimum Gasteiger partial charge on any atom is -0.488 e. The Morgan fingerprint density at radius 2 is 1.66 bits per heavy atom. The molecule has 1 amide bonds. The zero-order chi connectivity index (χ0) is 21.8. The Hall–Kier alpha value is -4.38. The number of ether oxygens (including phenoxy) is 1. The first-order chi connectivity index (χ1) is 15.8. The number of hydrogen-bond acceptors (Lipinski definition) is 4. The van der Waals surface area contributed by atoms with Crippen molar-refractivity contribution in [3.63, 3.8) is 0 Å². The lowest BCUT2D eigenvalue weighted by Gasteiger charge is -2.08. The van der Waals surface area contributed by atoms with Gasteiger partial charge >= 0.3 is 5.91 Å².